The summed E-state index contributed by atoms with van der Waals surface area (Å²) in [5.74, 6) is 1.11. The third kappa shape index (κ3) is 4.45. The van der Waals surface area contributed by atoms with Crippen LogP contribution in [0.25, 0.3) is 0 Å². The normalized spacial score (nSPS) is 11.5. The van der Waals surface area contributed by atoms with Crippen LogP contribution in [0, 0.1) is 6.92 Å². The molecule has 0 saturated heterocycles. The fraction of sp³-hybridized carbons (Fsp3) is 0.353. The number of nitrogens with one attached hydrogen (secondary N) is 2. The number of nitrogens with zero attached hydrogens (tertiary/aromatic N) is 1. The topological polar surface area (TPSA) is 71.1 Å². The lowest BCUT2D eigenvalue weighted by atomic mass is 9.98. The monoisotopic (exact) mass is 333 g/mol. The van der Waals surface area contributed by atoms with E-state index in [4.69, 9.17) is 0 Å². The molecule has 124 valence electrons. The van der Waals surface area contributed by atoms with Gasteiger partial charge in [0.05, 0.1) is 17.6 Å². The van der Waals surface area contributed by atoms with Gasteiger partial charge in [0.25, 0.3) is 0 Å². The molecule has 0 radical (unpaired) electrons. The van der Waals surface area contributed by atoms with Crippen molar-refractivity contribution in [3.8, 4) is 0 Å². The van der Waals surface area contributed by atoms with Gasteiger partial charge in [-0.1, -0.05) is 32.0 Å². The van der Waals surface area contributed by atoms with Crippen LogP contribution in [0.5, 0.6) is 0 Å². The molecule has 5 nitrogen and oxygen atoms in total. The minimum absolute atomic E-state index is 0.0357. The molecule has 0 aliphatic rings. The van der Waals surface area contributed by atoms with Crippen molar-refractivity contribution in [3.05, 3.63) is 47.7 Å². The molecule has 1 aromatic heterocycles. The third-order valence-electron chi connectivity index (χ3n) is 3.60. The Morgan fingerprint density at radius 3 is 2.48 bits per heavy atom. The largest absolute Gasteiger partial charge is 0.340 e. The summed E-state index contributed by atoms with van der Waals surface area (Å²) in [7, 11) is -3.28. The average molecular weight is 333 g/mol. The highest BCUT2D eigenvalue weighted by atomic mass is 32.2. The summed E-state index contributed by atoms with van der Waals surface area (Å²) in [6.45, 7) is 7.95. The van der Waals surface area contributed by atoms with Crippen molar-refractivity contribution in [3.63, 3.8) is 0 Å². The zero-order valence-electron chi connectivity index (χ0n) is 13.9. The molecule has 23 heavy (non-hydrogen) atoms. The number of hydrogen-bond acceptors (Lipinski definition) is 4. The lowest BCUT2D eigenvalue weighted by Crippen LogP contribution is -2.14. The van der Waals surface area contributed by atoms with Crippen molar-refractivity contribution in [2.24, 2.45) is 0 Å². The number of aryl methyl sites for hydroxylation is 1. The van der Waals surface area contributed by atoms with E-state index in [2.05, 4.69) is 47.9 Å². The first-order valence-corrected chi connectivity index (χ1v) is 9.30. The molecule has 2 N–H and O–H groups in total. The second kappa shape index (κ2) is 7.00. The summed E-state index contributed by atoms with van der Waals surface area (Å²) in [5, 5.41) is 3.34. The van der Waals surface area contributed by atoms with Gasteiger partial charge in [0.1, 0.15) is 5.82 Å². The summed E-state index contributed by atoms with van der Waals surface area (Å²) in [6, 6.07) is 9.67. The van der Waals surface area contributed by atoms with Gasteiger partial charge < -0.3 is 5.32 Å². The fourth-order valence-corrected chi connectivity index (χ4v) is 2.87. The lowest BCUT2D eigenvalue weighted by Gasteiger charge is -2.17. The highest BCUT2D eigenvalue weighted by Crippen LogP contribution is 2.29. The summed E-state index contributed by atoms with van der Waals surface area (Å²) >= 11 is 0. The van der Waals surface area contributed by atoms with Gasteiger partial charge in [-0.3, -0.25) is 4.72 Å². The first-order valence-electron chi connectivity index (χ1n) is 7.65. The zero-order valence-corrected chi connectivity index (χ0v) is 14.7. The van der Waals surface area contributed by atoms with Gasteiger partial charge in [0.15, 0.2) is 0 Å². The van der Waals surface area contributed by atoms with Crippen LogP contribution >= 0.6 is 0 Å². The molecule has 0 aliphatic carbocycles. The number of rotatable bonds is 6. The van der Waals surface area contributed by atoms with E-state index in [9.17, 15) is 8.42 Å². The molecule has 2 rings (SSSR count). The maximum Gasteiger partial charge on any atom is 0.232 e. The first kappa shape index (κ1) is 17.3. The molecule has 0 saturated carbocycles. The summed E-state index contributed by atoms with van der Waals surface area (Å²) in [4.78, 5) is 4.30. The van der Waals surface area contributed by atoms with E-state index in [-0.39, 0.29) is 5.75 Å². The second-order valence-electron chi connectivity index (χ2n) is 5.76. The van der Waals surface area contributed by atoms with Crippen molar-refractivity contribution >= 4 is 27.2 Å². The van der Waals surface area contributed by atoms with Crippen LogP contribution in [0.1, 0.15) is 37.8 Å². The number of sulfonamides is 1. The molecule has 0 atom stereocenters. The van der Waals surface area contributed by atoms with Crippen LogP contribution in [0.3, 0.4) is 0 Å². The summed E-state index contributed by atoms with van der Waals surface area (Å²) < 4.78 is 25.6. The fourth-order valence-electron chi connectivity index (χ4n) is 2.25. The molecular weight excluding hydrogens is 310 g/mol. The van der Waals surface area contributed by atoms with Gasteiger partial charge in [-0.15, -0.1) is 0 Å². The minimum Gasteiger partial charge on any atom is -0.340 e. The Balaban J connectivity index is 2.22. The maximum atomic E-state index is 11.6. The van der Waals surface area contributed by atoms with E-state index in [1.807, 2.05) is 6.07 Å². The van der Waals surface area contributed by atoms with Gasteiger partial charge in [-0.25, -0.2) is 13.4 Å². The van der Waals surface area contributed by atoms with Gasteiger partial charge >= 0.3 is 0 Å². The molecule has 6 heteroatoms. The zero-order chi connectivity index (χ0) is 17.0. The molecule has 1 heterocycles. The molecule has 1 aromatic carbocycles. The Labute approximate surface area is 138 Å². The molecular formula is C17H23N3O2S. The second-order valence-corrected chi connectivity index (χ2v) is 7.77. The van der Waals surface area contributed by atoms with Crippen LogP contribution in [0.2, 0.25) is 0 Å². The highest BCUT2D eigenvalue weighted by molar-refractivity contribution is 7.92. The summed E-state index contributed by atoms with van der Waals surface area (Å²) in [6.07, 6.45) is 1.52. The summed E-state index contributed by atoms with van der Waals surface area (Å²) in [5.41, 5.74) is 3.89. The van der Waals surface area contributed by atoms with E-state index < -0.39 is 10.0 Å². The Morgan fingerprint density at radius 2 is 1.91 bits per heavy atom. The molecule has 0 amide bonds. The van der Waals surface area contributed by atoms with E-state index in [1.165, 1.54) is 11.8 Å². The van der Waals surface area contributed by atoms with Gasteiger partial charge in [-0.05, 0) is 43.0 Å². The van der Waals surface area contributed by atoms with E-state index >= 15 is 0 Å². The molecule has 0 spiro atoms. The third-order valence-corrected chi connectivity index (χ3v) is 4.90. The Kier molecular flexibility index (Phi) is 5.26. The Hall–Kier alpha value is -2.08. The van der Waals surface area contributed by atoms with E-state index in [1.54, 1.807) is 19.1 Å². The quantitative estimate of drug-likeness (QED) is 0.837. The number of hydrogen-bond donors (Lipinski definition) is 2. The SMILES string of the molecule is CCS(=O)(=O)Nc1ccc(Nc2c(C)cccc2C(C)C)nc1. The predicted octanol–water partition coefficient (Wildman–Crippen LogP) is 4.02. The smallest absolute Gasteiger partial charge is 0.232 e. The van der Waals surface area contributed by atoms with Crippen molar-refractivity contribution in [2.75, 3.05) is 15.8 Å². The van der Waals surface area contributed by atoms with Crippen molar-refractivity contribution in [1.82, 2.24) is 4.98 Å². The number of pyridine rings is 1. The lowest BCUT2D eigenvalue weighted by molar-refractivity contribution is 0.602. The number of anilines is 3. The van der Waals surface area contributed by atoms with Crippen molar-refractivity contribution in [2.45, 2.75) is 33.6 Å². The number of para-hydroxylation sites is 1. The molecule has 0 fully saturated rings. The average Bonchev–Trinajstić information content (AvgIpc) is 2.50. The van der Waals surface area contributed by atoms with Gasteiger partial charge in [0.2, 0.25) is 10.0 Å². The number of aromatic nitrogens is 1. The van der Waals surface area contributed by atoms with E-state index in [0.29, 0.717) is 17.4 Å². The van der Waals surface area contributed by atoms with Gasteiger partial charge in [0, 0.05) is 5.69 Å². The Morgan fingerprint density at radius 1 is 1.17 bits per heavy atom. The Bertz CT molecular complexity index is 769. The van der Waals surface area contributed by atoms with Crippen LogP contribution in [0.15, 0.2) is 36.5 Å². The predicted molar refractivity (Wildman–Crippen MR) is 95.9 cm³/mol. The van der Waals surface area contributed by atoms with Gasteiger partial charge in [-0.2, -0.15) is 0 Å². The molecule has 0 unspecified atom stereocenters. The minimum atomic E-state index is -3.28. The molecule has 2 aromatic rings. The first-order chi connectivity index (χ1) is 10.8. The van der Waals surface area contributed by atoms with Crippen molar-refractivity contribution in [1.29, 1.82) is 0 Å². The van der Waals surface area contributed by atoms with Crippen LogP contribution < -0.4 is 10.0 Å². The maximum absolute atomic E-state index is 11.6. The number of benzene rings is 1. The van der Waals surface area contributed by atoms with Crippen LogP contribution in [-0.2, 0) is 10.0 Å². The molecule has 0 bridgehead atoms. The molecule has 0 aliphatic heterocycles. The standard InChI is InChI=1S/C17H23N3O2S/c1-5-23(21,22)20-14-9-10-16(18-11-14)19-17-13(4)7-6-8-15(17)12(2)3/h6-12,20H,5H2,1-4H3,(H,18,19). The highest BCUT2D eigenvalue weighted by Gasteiger charge is 2.10. The van der Waals surface area contributed by atoms with Crippen molar-refractivity contribution < 1.29 is 8.42 Å². The van der Waals surface area contributed by atoms with Crippen LogP contribution in [-0.4, -0.2) is 19.2 Å². The van der Waals surface area contributed by atoms with E-state index in [0.717, 1.165) is 11.3 Å². The van der Waals surface area contributed by atoms with Crippen LogP contribution in [0.4, 0.5) is 17.2 Å².